The number of halogens is 2. The van der Waals surface area contributed by atoms with E-state index >= 15 is 0 Å². The van der Waals surface area contributed by atoms with Crippen molar-refractivity contribution in [1.82, 2.24) is 9.80 Å². The lowest BCUT2D eigenvalue weighted by Crippen LogP contribution is -2.39. The molecule has 4 rings (SSSR count). The van der Waals surface area contributed by atoms with E-state index in [9.17, 15) is 18.8 Å². The summed E-state index contributed by atoms with van der Waals surface area (Å²) in [7, 11) is 3.46. The number of nitrogens with zero attached hydrogens (tertiary/aromatic N) is 3. The molecule has 8 heteroatoms. The first-order valence-corrected chi connectivity index (χ1v) is 12.4. The Hall–Kier alpha value is -2.93. The summed E-state index contributed by atoms with van der Waals surface area (Å²) < 4.78 is 13.2. The van der Waals surface area contributed by atoms with E-state index in [4.69, 9.17) is 11.6 Å². The van der Waals surface area contributed by atoms with E-state index in [-0.39, 0.29) is 11.7 Å². The van der Waals surface area contributed by atoms with Crippen LogP contribution in [0.5, 0.6) is 0 Å². The van der Waals surface area contributed by atoms with Gasteiger partial charge in [-0.05, 0) is 67.5 Å². The highest BCUT2D eigenvalue weighted by atomic mass is 35.5. The lowest BCUT2D eigenvalue weighted by molar-refractivity contribution is -0.144. The summed E-state index contributed by atoms with van der Waals surface area (Å²) in [4.78, 5) is 44.0. The van der Waals surface area contributed by atoms with Crippen LogP contribution in [0.1, 0.15) is 47.2 Å². The first-order chi connectivity index (χ1) is 16.7. The molecule has 1 fully saturated rings. The largest absolute Gasteiger partial charge is 0.373 e. The number of likely N-dealkylation sites (tertiary alicyclic amines) is 1. The van der Waals surface area contributed by atoms with E-state index < -0.39 is 17.6 Å². The fourth-order valence-electron chi connectivity index (χ4n) is 4.99. The van der Waals surface area contributed by atoms with Gasteiger partial charge in [-0.3, -0.25) is 14.4 Å². The Morgan fingerprint density at radius 2 is 1.77 bits per heavy atom. The molecule has 0 aliphatic carbocycles. The van der Waals surface area contributed by atoms with Crippen LogP contribution in [-0.4, -0.2) is 67.7 Å². The Kier molecular flexibility index (Phi) is 7.45. The highest BCUT2D eigenvalue weighted by Gasteiger charge is 2.38. The number of hydrogen-bond acceptors (Lipinski definition) is 4. The molecule has 0 aromatic heterocycles. The van der Waals surface area contributed by atoms with Crippen molar-refractivity contribution in [3.63, 3.8) is 0 Å². The fraction of sp³-hybridized carbons (Fsp3) is 0.444. The third-order valence-electron chi connectivity index (χ3n) is 7.28. The lowest BCUT2D eigenvalue weighted by Gasteiger charge is -2.32. The number of amides is 2. The minimum atomic E-state index is -0.623. The second kappa shape index (κ2) is 10.4. The number of anilines is 1. The van der Waals surface area contributed by atoms with Crippen LogP contribution < -0.4 is 4.90 Å². The number of carbonyl (C=O) groups excluding carboxylic acids is 3. The fourth-order valence-corrected chi connectivity index (χ4v) is 5.23. The predicted molar refractivity (Wildman–Crippen MR) is 135 cm³/mol. The van der Waals surface area contributed by atoms with Gasteiger partial charge in [-0.25, -0.2) is 4.39 Å². The summed E-state index contributed by atoms with van der Waals surface area (Å²) in [6.07, 6.45) is 2.57. The Bertz CT molecular complexity index is 1130. The summed E-state index contributed by atoms with van der Waals surface area (Å²) in [6, 6.07) is 10.0. The van der Waals surface area contributed by atoms with Gasteiger partial charge in [0.1, 0.15) is 5.82 Å². The highest BCUT2D eigenvalue weighted by molar-refractivity contribution is 6.39. The van der Waals surface area contributed by atoms with Crippen LogP contribution in [0.15, 0.2) is 36.4 Å². The zero-order valence-corrected chi connectivity index (χ0v) is 21.1. The van der Waals surface area contributed by atoms with Gasteiger partial charge in [0.2, 0.25) is 5.78 Å². The van der Waals surface area contributed by atoms with Crippen molar-refractivity contribution in [3.05, 3.63) is 63.9 Å². The Labute approximate surface area is 210 Å². The summed E-state index contributed by atoms with van der Waals surface area (Å²) in [6.45, 7) is 3.86. The van der Waals surface area contributed by atoms with Gasteiger partial charge in [-0.15, -0.1) is 0 Å². The van der Waals surface area contributed by atoms with Gasteiger partial charge >= 0.3 is 0 Å². The molecule has 0 saturated carbocycles. The van der Waals surface area contributed by atoms with E-state index in [1.165, 1.54) is 17.0 Å². The Morgan fingerprint density at radius 1 is 1.11 bits per heavy atom. The van der Waals surface area contributed by atoms with Gasteiger partial charge in [0.05, 0.1) is 16.5 Å². The van der Waals surface area contributed by atoms with Crippen LogP contribution in [0.2, 0.25) is 5.02 Å². The summed E-state index contributed by atoms with van der Waals surface area (Å²) in [5.74, 6) is -1.58. The number of piperidine rings is 1. The molecule has 2 amide bonds. The van der Waals surface area contributed by atoms with Crippen LogP contribution in [0.4, 0.5) is 10.1 Å². The number of benzene rings is 2. The van der Waals surface area contributed by atoms with Crippen LogP contribution in [0, 0.1) is 11.7 Å². The van der Waals surface area contributed by atoms with Gasteiger partial charge in [-0.2, -0.15) is 0 Å². The van der Waals surface area contributed by atoms with Crippen molar-refractivity contribution in [3.8, 4) is 0 Å². The smallest absolute Gasteiger partial charge is 0.290 e. The number of carbonyl (C=O) groups is 3. The van der Waals surface area contributed by atoms with Crippen molar-refractivity contribution in [2.45, 2.75) is 32.1 Å². The predicted octanol–water partition coefficient (Wildman–Crippen LogP) is 4.15. The summed E-state index contributed by atoms with van der Waals surface area (Å²) in [5, 5.41) is 0.346. The quantitative estimate of drug-likeness (QED) is 0.560. The van der Waals surface area contributed by atoms with Crippen molar-refractivity contribution in [2.24, 2.45) is 5.92 Å². The summed E-state index contributed by atoms with van der Waals surface area (Å²) >= 11 is 6.53. The third-order valence-corrected chi connectivity index (χ3v) is 7.59. The number of ketones is 1. The van der Waals surface area contributed by atoms with Crippen molar-refractivity contribution in [2.75, 3.05) is 45.2 Å². The number of rotatable bonds is 6. The molecule has 2 aliphatic heterocycles. The maximum Gasteiger partial charge on any atom is 0.290 e. The minimum absolute atomic E-state index is 0.157. The standard InChI is InChI=1S/C27H31ClFN3O3/c1-4-30(2)27(35)25(33)22-16-31(3)24-15-23(28)21(14-20(22)24)26(34)32-11-9-18(10-12-32)13-17-5-7-19(29)8-6-17/h5-8,14-15,18,22H,4,9-13,16H2,1-3H3. The first kappa shape index (κ1) is 25.2. The number of likely N-dealkylation sites (N-methyl/N-ethyl adjacent to an activating group) is 2. The number of Topliss-reactive ketones (excluding diaryl/α,β-unsaturated/α-hetero) is 1. The van der Waals surface area contributed by atoms with Gasteiger partial charge in [0.15, 0.2) is 0 Å². The molecule has 6 nitrogen and oxygen atoms in total. The molecule has 35 heavy (non-hydrogen) atoms. The van der Waals surface area contributed by atoms with E-state index in [1.807, 2.05) is 31.0 Å². The molecule has 0 radical (unpaired) electrons. The lowest BCUT2D eigenvalue weighted by atomic mass is 9.89. The zero-order chi connectivity index (χ0) is 25.3. The Morgan fingerprint density at radius 3 is 2.40 bits per heavy atom. The normalized spacial score (nSPS) is 17.9. The van der Waals surface area contributed by atoms with Crippen molar-refractivity contribution in [1.29, 1.82) is 0 Å². The van der Waals surface area contributed by atoms with Crippen LogP contribution in [0.25, 0.3) is 0 Å². The molecule has 186 valence electrons. The van der Waals surface area contributed by atoms with Crippen molar-refractivity contribution >= 4 is 34.9 Å². The van der Waals surface area contributed by atoms with Gasteiger partial charge < -0.3 is 14.7 Å². The average molecular weight is 500 g/mol. The second-order valence-electron chi connectivity index (χ2n) is 9.57. The minimum Gasteiger partial charge on any atom is -0.373 e. The number of hydrogen-bond donors (Lipinski definition) is 0. The van der Waals surface area contributed by atoms with E-state index in [1.54, 1.807) is 24.1 Å². The SMILES string of the molecule is CCN(C)C(=O)C(=O)C1CN(C)c2cc(Cl)c(C(=O)N3CCC(Cc4ccc(F)cc4)CC3)cc21. The Balaban J connectivity index is 1.48. The highest BCUT2D eigenvalue weighted by Crippen LogP contribution is 2.40. The monoisotopic (exact) mass is 499 g/mol. The molecule has 2 aromatic rings. The van der Waals surface area contributed by atoms with Crippen molar-refractivity contribution < 1.29 is 18.8 Å². The maximum atomic E-state index is 13.4. The van der Waals surface area contributed by atoms with Gasteiger partial charge in [-0.1, -0.05) is 23.7 Å². The second-order valence-corrected chi connectivity index (χ2v) is 9.98. The molecule has 1 atom stereocenters. The first-order valence-electron chi connectivity index (χ1n) is 12.1. The zero-order valence-electron chi connectivity index (χ0n) is 20.4. The summed E-state index contributed by atoms with van der Waals surface area (Å²) in [5.41, 5.74) is 2.91. The maximum absolute atomic E-state index is 13.4. The van der Waals surface area contributed by atoms with E-state index in [0.29, 0.717) is 48.2 Å². The molecule has 0 N–H and O–H groups in total. The molecule has 1 saturated heterocycles. The molecule has 0 bridgehead atoms. The third kappa shape index (κ3) is 5.20. The van der Waals surface area contributed by atoms with Gasteiger partial charge in [0.25, 0.3) is 11.8 Å². The molecular weight excluding hydrogens is 469 g/mol. The molecule has 2 aromatic carbocycles. The van der Waals surface area contributed by atoms with Gasteiger partial charge in [0, 0.05) is 46.0 Å². The molecule has 2 heterocycles. The van der Waals surface area contributed by atoms with Crippen LogP contribution >= 0.6 is 11.6 Å². The van der Waals surface area contributed by atoms with Crippen LogP contribution in [-0.2, 0) is 16.0 Å². The van der Waals surface area contributed by atoms with E-state index in [2.05, 4.69) is 0 Å². The number of fused-ring (bicyclic) bond motifs is 1. The molecule has 0 spiro atoms. The molecule has 1 unspecified atom stereocenters. The molecular formula is C27H31ClFN3O3. The average Bonchev–Trinajstić information content (AvgIpc) is 3.18. The van der Waals surface area contributed by atoms with Crippen LogP contribution in [0.3, 0.4) is 0 Å². The topological polar surface area (TPSA) is 60.9 Å². The van der Waals surface area contributed by atoms with E-state index in [0.717, 1.165) is 30.5 Å². The molecule has 2 aliphatic rings.